The molecule has 1 heterocycles. The van der Waals surface area contributed by atoms with Crippen molar-refractivity contribution in [1.82, 2.24) is 4.31 Å². The lowest BCUT2D eigenvalue weighted by molar-refractivity contribution is -0.115. The molecule has 1 amide bonds. The van der Waals surface area contributed by atoms with E-state index < -0.39 is 21.7 Å². The fourth-order valence-electron chi connectivity index (χ4n) is 3.23. The monoisotopic (exact) mass is 440 g/mol. The van der Waals surface area contributed by atoms with E-state index in [1.807, 2.05) is 0 Å². The van der Waals surface area contributed by atoms with Crippen LogP contribution in [0.5, 0.6) is 5.75 Å². The van der Waals surface area contributed by atoms with Crippen molar-refractivity contribution in [2.75, 3.05) is 25.5 Å². The predicted octanol–water partition coefficient (Wildman–Crippen LogP) is 3.84. The standard InChI is InChI=1S/C20H22ClFN2O4S/c1-28-19-8-7-16(29(26,27)24-9-3-2-4-10-24)13-18(19)23-20(25)11-14-5-6-15(21)12-17(14)22/h5-8,12-13H,2-4,9-11H2,1H3,(H,23,25). The topological polar surface area (TPSA) is 75.7 Å². The number of amides is 1. The van der Waals surface area contributed by atoms with Crippen molar-refractivity contribution in [3.63, 3.8) is 0 Å². The third kappa shape index (κ3) is 5.07. The first-order valence-corrected chi connectivity index (χ1v) is 11.0. The molecule has 9 heteroatoms. The molecule has 1 saturated heterocycles. The summed E-state index contributed by atoms with van der Waals surface area (Å²) in [6.45, 7) is 0.956. The van der Waals surface area contributed by atoms with E-state index in [1.165, 1.54) is 41.7 Å². The minimum atomic E-state index is -3.66. The van der Waals surface area contributed by atoms with Crippen LogP contribution in [0.15, 0.2) is 41.3 Å². The van der Waals surface area contributed by atoms with Gasteiger partial charge in [-0.2, -0.15) is 4.31 Å². The highest BCUT2D eigenvalue weighted by Gasteiger charge is 2.27. The number of piperidine rings is 1. The Kier molecular flexibility index (Phi) is 6.77. The summed E-state index contributed by atoms with van der Waals surface area (Å²) >= 11 is 5.73. The molecule has 2 aromatic rings. The molecular formula is C20H22ClFN2O4S. The molecule has 0 atom stereocenters. The van der Waals surface area contributed by atoms with Crippen molar-refractivity contribution >= 4 is 33.2 Å². The van der Waals surface area contributed by atoms with Crippen molar-refractivity contribution in [2.24, 2.45) is 0 Å². The van der Waals surface area contributed by atoms with Crippen LogP contribution in [-0.4, -0.2) is 38.8 Å². The van der Waals surface area contributed by atoms with Gasteiger partial charge in [-0.15, -0.1) is 0 Å². The fraction of sp³-hybridized carbons (Fsp3) is 0.350. The van der Waals surface area contributed by atoms with Crippen LogP contribution < -0.4 is 10.1 Å². The first-order chi connectivity index (χ1) is 13.8. The van der Waals surface area contributed by atoms with Crippen molar-refractivity contribution in [2.45, 2.75) is 30.6 Å². The summed E-state index contributed by atoms with van der Waals surface area (Å²) in [6.07, 6.45) is 2.43. The average molecular weight is 441 g/mol. The van der Waals surface area contributed by atoms with Crippen molar-refractivity contribution in [1.29, 1.82) is 0 Å². The number of carbonyl (C=O) groups excluding carboxylic acids is 1. The van der Waals surface area contributed by atoms with E-state index >= 15 is 0 Å². The van der Waals surface area contributed by atoms with Gasteiger partial charge in [-0.1, -0.05) is 24.1 Å². The number of halogens is 2. The first kappa shape index (κ1) is 21.5. The van der Waals surface area contributed by atoms with Gasteiger partial charge in [0, 0.05) is 18.1 Å². The number of hydrogen-bond donors (Lipinski definition) is 1. The Balaban J connectivity index is 1.82. The Morgan fingerprint density at radius 3 is 2.55 bits per heavy atom. The molecule has 2 aromatic carbocycles. The van der Waals surface area contributed by atoms with Gasteiger partial charge in [-0.3, -0.25) is 4.79 Å². The van der Waals surface area contributed by atoms with Crippen molar-refractivity contribution in [3.8, 4) is 5.75 Å². The molecule has 1 aliphatic rings. The van der Waals surface area contributed by atoms with Crippen LogP contribution in [-0.2, 0) is 21.2 Å². The van der Waals surface area contributed by atoms with E-state index in [2.05, 4.69) is 5.32 Å². The maximum atomic E-state index is 13.9. The van der Waals surface area contributed by atoms with E-state index in [1.54, 1.807) is 0 Å². The Hall–Kier alpha value is -2.16. The van der Waals surface area contributed by atoms with Crippen molar-refractivity contribution < 1.29 is 22.3 Å². The molecule has 0 unspecified atom stereocenters. The molecule has 0 aromatic heterocycles. The summed E-state index contributed by atoms with van der Waals surface area (Å²) in [4.78, 5) is 12.5. The molecule has 156 valence electrons. The smallest absolute Gasteiger partial charge is 0.243 e. The largest absolute Gasteiger partial charge is 0.495 e. The number of sulfonamides is 1. The lowest BCUT2D eigenvalue weighted by atomic mass is 10.1. The number of carbonyl (C=O) groups is 1. The summed E-state index contributed by atoms with van der Waals surface area (Å²) in [6, 6.07) is 8.40. The summed E-state index contributed by atoms with van der Waals surface area (Å²) in [7, 11) is -2.24. The van der Waals surface area contributed by atoms with Crippen LogP contribution >= 0.6 is 11.6 Å². The number of benzene rings is 2. The second kappa shape index (κ2) is 9.11. The molecule has 0 saturated carbocycles. The van der Waals surface area contributed by atoms with Crippen LogP contribution in [0.3, 0.4) is 0 Å². The molecule has 1 fully saturated rings. The van der Waals surface area contributed by atoms with Gasteiger partial charge in [0.1, 0.15) is 11.6 Å². The zero-order chi connectivity index (χ0) is 21.0. The van der Waals surface area contributed by atoms with E-state index in [9.17, 15) is 17.6 Å². The van der Waals surface area contributed by atoms with Crippen LogP contribution in [0.1, 0.15) is 24.8 Å². The summed E-state index contributed by atoms with van der Waals surface area (Å²) in [5, 5.41) is 2.86. The first-order valence-electron chi connectivity index (χ1n) is 9.23. The molecule has 0 radical (unpaired) electrons. The third-order valence-electron chi connectivity index (χ3n) is 4.76. The lowest BCUT2D eigenvalue weighted by Crippen LogP contribution is -2.35. The molecule has 0 bridgehead atoms. The van der Waals surface area contributed by atoms with Crippen LogP contribution in [0, 0.1) is 5.82 Å². The number of methoxy groups -OCH3 is 1. The van der Waals surface area contributed by atoms with Gasteiger partial charge in [0.2, 0.25) is 15.9 Å². The summed E-state index contributed by atoms with van der Waals surface area (Å²) in [5.41, 5.74) is 0.396. The molecule has 29 heavy (non-hydrogen) atoms. The maximum Gasteiger partial charge on any atom is 0.243 e. The SMILES string of the molecule is COc1ccc(S(=O)(=O)N2CCCCC2)cc1NC(=O)Cc1ccc(Cl)cc1F. The zero-order valence-electron chi connectivity index (χ0n) is 16.0. The van der Waals surface area contributed by atoms with Gasteiger partial charge in [0.15, 0.2) is 0 Å². The Morgan fingerprint density at radius 2 is 1.90 bits per heavy atom. The molecule has 0 spiro atoms. The Morgan fingerprint density at radius 1 is 1.17 bits per heavy atom. The van der Waals surface area contributed by atoms with Gasteiger partial charge in [0.05, 0.1) is 24.1 Å². The number of anilines is 1. The summed E-state index contributed by atoms with van der Waals surface area (Å²) in [5.74, 6) is -0.773. The Bertz CT molecular complexity index is 1010. The van der Waals surface area contributed by atoms with Gasteiger partial charge in [0.25, 0.3) is 0 Å². The summed E-state index contributed by atoms with van der Waals surface area (Å²) < 4.78 is 46.4. The van der Waals surface area contributed by atoms with Crippen LogP contribution in [0.2, 0.25) is 5.02 Å². The normalized spacial score (nSPS) is 15.1. The molecule has 6 nitrogen and oxygen atoms in total. The number of hydrogen-bond acceptors (Lipinski definition) is 4. The number of nitrogens with one attached hydrogen (secondary N) is 1. The van der Waals surface area contributed by atoms with Gasteiger partial charge < -0.3 is 10.1 Å². The van der Waals surface area contributed by atoms with Gasteiger partial charge >= 0.3 is 0 Å². The predicted molar refractivity (Wildman–Crippen MR) is 109 cm³/mol. The van der Waals surface area contributed by atoms with Gasteiger partial charge in [-0.25, -0.2) is 12.8 Å². The molecule has 0 aliphatic carbocycles. The molecule has 3 rings (SSSR count). The minimum absolute atomic E-state index is 0.0770. The quantitative estimate of drug-likeness (QED) is 0.740. The highest BCUT2D eigenvalue weighted by Crippen LogP contribution is 2.30. The lowest BCUT2D eigenvalue weighted by Gasteiger charge is -2.26. The van der Waals surface area contributed by atoms with Crippen LogP contribution in [0.4, 0.5) is 10.1 Å². The molecule has 1 aliphatic heterocycles. The average Bonchev–Trinajstić information content (AvgIpc) is 2.70. The van der Waals surface area contributed by atoms with E-state index in [0.29, 0.717) is 18.8 Å². The molecule has 1 N–H and O–H groups in total. The number of rotatable bonds is 6. The van der Waals surface area contributed by atoms with Crippen molar-refractivity contribution in [3.05, 3.63) is 52.8 Å². The third-order valence-corrected chi connectivity index (χ3v) is 6.89. The van der Waals surface area contributed by atoms with E-state index in [-0.39, 0.29) is 27.6 Å². The van der Waals surface area contributed by atoms with E-state index in [0.717, 1.165) is 25.3 Å². The van der Waals surface area contributed by atoms with Gasteiger partial charge in [-0.05, 0) is 48.7 Å². The second-order valence-electron chi connectivity index (χ2n) is 6.79. The zero-order valence-corrected chi connectivity index (χ0v) is 17.5. The molecular weight excluding hydrogens is 419 g/mol. The second-order valence-corrected chi connectivity index (χ2v) is 9.16. The minimum Gasteiger partial charge on any atom is -0.495 e. The maximum absolute atomic E-state index is 13.9. The highest BCUT2D eigenvalue weighted by molar-refractivity contribution is 7.89. The highest BCUT2D eigenvalue weighted by atomic mass is 35.5. The van der Waals surface area contributed by atoms with Crippen LogP contribution in [0.25, 0.3) is 0 Å². The van der Waals surface area contributed by atoms with E-state index in [4.69, 9.17) is 16.3 Å². The number of nitrogens with zero attached hydrogens (tertiary/aromatic N) is 1. The number of ether oxygens (including phenoxy) is 1. The Labute approximate surface area is 174 Å². The fourth-order valence-corrected chi connectivity index (χ4v) is 4.93.